The number of hydrogen-bond acceptors (Lipinski definition) is 8. The van der Waals surface area contributed by atoms with Crippen molar-refractivity contribution in [3.63, 3.8) is 0 Å². The topological polar surface area (TPSA) is 89.5 Å². The molecule has 0 fully saturated rings. The van der Waals surface area contributed by atoms with Crippen LogP contribution < -0.4 is 0 Å². The molecule has 0 spiro atoms. The molecule has 0 saturated heterocycles. The van der Waals surface area contributed by atoms with Gasteiger partial charge in [0.25, 0.3) is 0 Å². The summed E-state index contributed by atoms with van der Waals surface area (Å²) in [5, 5.41) is 0. The number of halogens is 6. The fourth-order valence-corrected chi connectivity index (χ4v) is 13.2. The molecule has 1 rings (SSSR count). The Morgan fingerprint density at radius 2 is 0.828 bits per heavy atom. The van der Waals surface area contributed by atoms with Gasteiger partial charge in [0.05, 0.1) is 18.3 Å². The first-order valence-electron chi connectivity index (χ1n) is 8.18. The SMILES string of the molecule is CC(C)OP1(F)=NP(C)(F)=NP(F)(F)=NP(F)(OC(C)C)=NP(F)(OC(C)C)=N1. The number of nitrogens with zero attached hydrogens (tertiary/aromatic N) is 5. The van der Waals surface area contributed by atoms with Gasteiger partial charge in [-0.25, -0.2) is 0 Å². The average molecular weight is 531 g/mol. The van der Waals surface area contributed by atoms with Gasteiger partial charge in [0.2, 0.25) is 7.52 Å². The van der Waals surface area contributed by atoms with E-state index in [0.29, 0.717) is 6.66 Å². The molecule has 0 bridgehead atoms. The van der Waals surface area contributed by atoms with Crippen LogP contribution in [0.5, 0.6) is 0 Å². The maximum absolute atomic E-state index is 15.5. The van der Waals surface area contributed by atoms with Crippen LogP contribution in [0.3, 0.4) is 0 Å². The van der Waals surface area contributed by atoms with Gasteiger partial charge < -0.3 is 13.6 Å². The van der Waals surface area contributed by atoms with Crippen LogP contribution in [-0.4, -0.2) is 25.0 Å². The summed E-state index contributed by atoms with van der Waals surface area (Å²) in [5.41, 5.74) is 0. The molecular weight excluding hydrogens is 507 g/mol. The van der Waals surface area contributed by atoms with E-state index in [-0.39, 0.29) is 0 Å². The van der Waals surface area contributed by atoms with Gasteiger partial charge in [-0.05, 0) is 41.5 Å². The second-order valence-corrected chi connectivity index (χ2v) is 16.2. The molecule has 0 saturated carbocycles. The Kier molecular flexibility index (Phi) is 9.17. The fourth-order valence-electron chi connectivity index (χ4n) is 1.82. The van der Waals surface area contributed by atoms with E-state index in [1.54, 1.807) is 0 Å². The van der Waals surface area contributed by atoms with E-state index in [0.717, 1.165) is 0 Å². The summed E-state index contributed by atoms with van der Waals surface area (Å²) in [6.45, 7) is 8.20. The lowest BCUT2D eigenvalue weighted by atomic mass is 10.5. The highest BCUT2D eigenvalue weighted by molar-refractivity contribution is 7.79. The Bertz CT molecular complexity index is 877. The Balaban J connectivity index is 4.14. The van der Waals surface area contributed by atoms with E-state index in [2.05, 4.69) is 22.6 Å². The van der Waals surface area contributed by atoms with Gasteiger partial charge in [-0.15, -0.1) is 21.9 Å². The maximum atomic E-state index is 15.5. The molecular formula is C10H24F6N5O3P5. The molecule has 0 N–H and O–H groups in total. The van der Waals surface area contributed by atoms with E-state index in [9.17, 15) is 12.6 Å². The molecule has 0 aromatic carbocycles. The van der Waals surface area contributed by atoms with Gasteiger partial charge in [-0.3, -0.25) is 0 Å². The van der Waals surface area contributed by atoms with Gasteiger partial charge in [0.1, 0.15) is 0 Å². The second kappa shape index (κ2) is 9.62. The molecule has 0 amide bonds. The molecule has 174 valence electrons. The minimum atomic E-state index is -6.10. The fraction of sp³-hybridized carbons (Fsp3) is 1.00. The first-order chi connectivity index (χ1) is 12.8. The normalized spacial score (nSPS) is 37.9. The van der Waals surface area contributed by atoms with Gasteiger partial charge in [0.15, 0.2) is 0 Å². The van der Waals surface area contributed by atoms with Crippen LogP contribution in [0.25, 0.3) is 0 Å². The lowest BCUT2D eigenvalue weighted by molar-refractivity contribution is 0.239. The van der Waals surface area contributed by atoms with Crippen molar-refractivity contribution in [1.29, 1.82) is 0 Å². The molecule has 0 aromatic heterocycles. The zero-order valence-electron chi connectivity index (χ0n) is 16.7. The van der Waals surface area contributed by atoms with E-state index in [1.807, 2.05) is 0 Å². The quantitative estimate of drug-likeness (QED) is 0.252. The monoisotopic (exact) mass is 531 g/mol. The third kappa shape index (κ3) is 9.74. The molecule has 8 nitrogen and oxygen atoms in total. The predicted molar refractivity (Wildman–Crippen MR) is 108 cm³/mol. The standard InChI is InChI=1S/C10H24F6N5O3P5/c1-8(2)22-27(14)18-25(7,11)17-26(12,13)19-28(15,23-9(3)4)21-29(16,20-27)24-10(5)6/h8-10H,1-7H3. The highest BCUT2D eigenvalue weighted by atomic mass is 31.3. The summed E-state index contributed by atoms with van der Waals surface area (Å²) >= 11 is 0. The molecule has 1 aliphatic rings. The molecule has 0 aromatic rings. The molecule has 4 atom stereocenters. The molecule has 1 aliphatic heterocycles. The molecule has 0 aliphatic carbocycles. The smallest absolute Gasteiger partial charge is 0.300 e. The van der Waals surface area contributed by atoms with Gasteiger partial charge in [-0.1, -0.05) is 0 Å². The Morgan fingerprint density at radius 3 is 1.17 bits per heavy atom. The lowest BCUT2D eigenvalue weighted by Gasteiger charge is -2.23. The van der Waals surface area contributed by atoms with Crippen LogP contribution in [0.1, 0.15) is 41.5 Å². The van der Waals surface area contributed by atoms with Crippen molar-refractivity contribution in [2.45, 2.75) is 59.9 Å². The van der Waals surface area contributed by atoms with Crippen molar-refractivity contribution >= 4 is 38.6 Å². The minimum absolute atomic E-state index is 0.478. The molecule has 1 heterocycles. The predicted octanol–water partition coefficient (Wildman–Crippen LogP) is 10.5. The summed E-state index contributed by atoms with van der Waals surface area (Å²) in [6.07, 6.45) is -3.08. The van der Waals surface area contributed by atoms with Crippen molar-refractivity contribution in [3.8, 4) is 0 Å². The molecule has 0 radical (unpaired) electrons. The minimum Gasteiger partial charge on any atom is -0.300 e. The largest absolute Gasteiger partial charge is 0.423 e. The third-order valence-electron chi connectivity index (χ3n) is 2.24. The van der Waals surface area contributed by atoms with Crippen molar-refractivity contribution in [3.05, 3.63) is 0 Å². The van der Waals surface area contributed by atoms with E-state index >= 15 is 12.6 Å². The van der Waals surface area contributed by atoms with Crippen LogP contribution in [0.2, 0.25) is 0 Å². The number of hydrogen-bond donors (Lipinski definition) is 0. The highest BCUT2D eigenvalue weighted by Gasteiger charge is 2.40. The van der Waals surface area contributed by atoms with Crippen molar-refractivity contribution in [2.24, 2.45) is 22.6 Å². The maximum Gasteiger partial charge on any atom is 0.423 e. The summed E-state index contributed by atoms with van der Waals surface area (Å²) in [6, 6.07) is 0. The Hall–Kier alpha value is 0.610. The van der Waals surface area contributed by atoms with Crippen LogP contribution in [0.15, 0.2) is 22.6 Å². The van der Waals surface area contributed by atoms with Gasteiger partial charge >= 0.3 is 31.1 Å². The van der Waals surface area contributed by atoms with Crippen molar-refractivity contribution < 1.29 is 38.8 Å². The Labute approximate surface area is 167 Å². The van der Waals surface area contributed by atoms with Gasteiger partial charge in [-0.2, -0.15) is 25.8 Å². The van der Waals surface area contributed by atoms with Crippen molar-refractivity contribution in [1.82, 2.24) is 0 Å². The van der Waals surface area contributed by atoms with Crippen LogP contribution >= 0.6 is 38.6 Å². The lowest BCUT2D eigenvalue weighted by Crippen LogP contribution is -2.01. The summed E-state index contributed by atoms with van der Waals surface area (Å²) in [7, 11) is -27.2. The van der Waals surface area contributed by atoms with E-state index in [1.165, 1.54) is 41.5 Å². The van der Waals surface area contributed by atoms with Crippen molar-refractivity contribution in [2.75, 3.05) is 6.66 Å². The highest BCUT2D eigenvalue weighted by Crippen LogP contribution is 2.81. The van der Waals surface area contributed by atoms with Crippen LogP contribution in [0, 0.1) is 0 Å². The summed E-state index contributed by atoms with van der Waals surface area (Å²) < 4.78 is 118. The first-order valence-corrected chi connectivity index (χ1v) is 16.2. The zero-order chi connectivity index (χ0) is 22.9. The Morgan fingerprint density at radius 1 is 0.517 bits per heavy atom. The number of rotatable bonds is 6. The molecule has 19 heteroatoms. The summed E-state index contributed by atoms with van der Waals surface area (Å²) in [4.78, 5) is 0. The molecule has 29 heavy (non-hydrogen) atoms. The average Bonchev–Trinajstić information content (AvgIpc) is 2.26. The first kappa shape index (κ1) is 27.6. The van der Waals surface area contributed by atoms with E-state index < -0.39 is 56.9 Å². The zero-order valence-corrected chi connectivity index (χ0v) is 21.2. The van der Waals surface area contributed by atoms with Crippen LogP contribution in [0.4, 0.5) is 25.2 Å². The molecule has 4 unspecified atom stereocenters. The van der Waals surface area contributed by atoms with Gasteiger partial charge in [0, 0.05) is 6.66 Å². The van der Waals surface area contributed by atoms with E-state index in [4.69, 9.17) is 13.6 Å². The summed E-state index contributed by atoms with van der Waals surface area (Å²) in [5.74, 6) is 0. The second-order valence-electron chi connectivity index (χ2n) is 6.59. The third-order valence-corrected chi connectivity index (χ3v) is 13.9. The van der Waals surface area contributed by atoms with Crippen LogP contribution in [-0.2, 0) is 13.6 Å².